The summed E-state index contributed by atoms with van der Waals surface area (Å²) in [6, 6.07) is 1.37. The van der Waals surface area contributed by atoms with Crippen molar-refractivity contribution in [2.24, 2.45) is 0 Å². The van der Waals surface area contributed by atoms with Gasteiger partial charge in [0.15, 0.2) is 0 Å². The van der Waals surface area contributed by atoms with Gasteiger partial charge in [0.05, 0.1) is 0 Å². The first-order valence-corrected chi connectivity index (χ1v) is 7.32. The second-order valence-corrected chi connectivity index (χ2v) is 5.52. The summed E-state index contributed by atoms with van der Waals surface area (Å²) in [6.07, 6.45) is 7.34. The molecule has 0 aliphatic carbocycles. The summed E-state index contributed by atoms with van der Waals surface area (Å²) in [5, 5.41) is 12.3. The molecule has 1 saturated heterocycles. The molecule has 1 fully saturated rings. The summed E-state index contributed by atoms with van der Waals surface area (Å²) < 4.78 is 0. The van der Waals surface area contributed by atoms with Gasteiger partial charge in [0.25, 0.3) is 0 Å². The van der Waals surface area contributed by atoms with E-state index in [1.165, 1.54) is 51.7 Å². The summed E-state index contributed by atoms with van der Waals surface area (Å²) in [6.45, 7) is 8.55. The van der Waals surface area contributed by atoms with Gasteiger partial charge in [0, 0.05) is 25.2 Å². The van der Waals surface area contributed by atoms with E-state index in [-0.39, 0.29) is 0 Å². The van der Waals surface area contributed by atoms with Gasteiger partial charge in [-0.1, -0.05) is 12.8 Å². The maximum atomic E-state index is 8.73. The molecule has 0 bridgehead atoms. The molecule has 1 rings (SSSR count). The molecule has 3 heteroatoms. The molecule has 0 aromatic carbocycles. The third kappa shape index (κ3) is 6.39. The third-order valence-corrected chi connectivity index (χ3v) is 3.70. The van der Waals surface area contributed by atoms with Crippen LogP contribution in [0, 0.1) is 0 Å². The van der Waals surface area contributed by atoms with Gasteiger partial charge in [-0.3, -0.25) is 4.90 Å². The molecule has 1 heterocycles. The zero-order valence-corrected chi connectivity index (χ0v) is 11.6. The van der Waals surface area contributed by atoms with E-state index in [1.807, 2.05) is 0 Å². The molecular formula is C14H30N2O. The first kappa shape index (κ1) is 14.9. The lowest BCUT2D eigenvalue weighted by atomic mass is 10.1. The predicted octanol–water partition coefficient (Wildman–Crippen LogP) is 2.00. The van der Waals surface area contributed by atoms with Gasteiger partial charge in [-0.15, -0.1) is 0 Å². The number of aliphatic hydroxyl groups excluding tert-OH is 1. The molecule has 0 radical (unpaired) electrons. The van der Waals surface area contributed by atoms with Crippen LogP contribution in [0.1, 0.15) is 52.4 Å². The Kier molecular flexibility index (Phi) is 7.82. The Hall–Kier alpha value is -0.120. The molecule has 0 amide bonds. The van der Waals surface area contributed by atoms with Crippen LogP contribution in [0.5, 0.6) is 0 Å². The summed E-state index contributed by atoms with van der Waals surface area (Å²) >= 11 is 0. The van der Waals surface area contributed by atoms with Crippen molar-refractivity contribution in [1.29, 1.82) is 0 Å². The molecule has 0 spiro atoms. The van der Waals surface area contributed by atoms with E-state index >= 15 is 0 Å². The highest BCUT2D eigenvalue weighted by molar-refractivity contribution is 4.79. The molecule has 17 heavy (non-hydrogen) atoms. The van der Waals surface area contributed by atoms with Crippen LogP contribution < -0.4 is 5.32 Å². The SMILES string of the molecule is CC(C)N(CCCCCCO)CC1CCCN1. The fourth-order valence-corrected chi connectivity index (χ4v) is 2.54. The molecule has 2 N–H and O–H groups in total. The second-order valence-electron chi connectivity index (χ2n) is 5.52. The molecule has 1 aliphatic heterocycles. The Labute approximate surface area is 107 Å². The smallest absolute Gasteiger partial charge is 0.0431 e. The standard InChI is InChI=1S/C14H30N2O/c1-13(2)16(10-5-3-4-6-11-17)12-14-8-7-9-15-14/h13-15,17H,3-12H2,1-2H3. The molecule has 0 aromatic heterocycles. The number of rotatable bonds is 9. The summed E-state index contributed by atoms with van der Waals surface area (Å²) in [5.41, 5.74) is 0. The fraction of sp³-hybridized carbons (Fsp3) is 1.00. The predicted molar refractivity (Wildman–Crippen MR) is 73.3 cm³/mol. The van der Waals surface area contributed by atoms with Gasteiger partial charge >= 0.3 is 0 Å². The van der Waals surface area contributed by atoms with E-state index in [2.05, 4.69) is 24.1 Å². The van der Waals surface area contributed by atoms with Crippen LogP contribution in [0.3, 0.4) is 0 Å². The molecule has 1 aliphatic rings. The summed E-state index contributed by atoms with van der Waals surface area (Å²) in [4.78, 5) is 2.60. The Morgan fingerprint density at radius 3 is 2.59 bits per heavy atom. The van der Waals surface area contributed by atoms with Crippen molar-refractivity contribution in [3.63, 3.8) is 0 Å². The monoisotopic (exact) mass is 242 g/mol. The second kappa shape index (κ2) is 8.90. The number of aliphatic hydroxyl groups is 1. The van der Waals surface area contributed by atoms with E-state index in [4.69, 9.17) is 5.11 Å². The Morgan fingerprint density at radius 2 is 2.00 bits per heavy atom. The number of hydrogen-bond acceptors (Lipinski definition) is 3. The van der Waals surface area contributed by atoms with E-state index in [1.54, 1.807) is 0 Å². The first-order valence-electron chi connectivity index (χ1n) is 7.32. The molecule has 1 unspecified atom stereocenters. The quantitative estimate of drug-likeness (QED) is 0.607. The van der Waals surface area contributed by atoms with Gasteiger partial charge in [0.1, 0.15) is 0 Å². The highest BCUT2D eigenvalue weighted by Crippen LogP contribution is 2.11. The lowest BCUT2D eigenvalue weighted by molar-refractivity contribution is 0.197. The Morgan fingerprint density at radius 1 is 1.24 bits per heavy atom. The van der Waals surface area contributed by atoms with Gasteiger partial charge in [-0.05, 0) is 52.6 Å². The van der Waals surface area contributed by atoms with Crippen LogP contribution >= 0.6 is 0 Å². The van der Waals surface area contributed by atoms with Gasteiger partial charge in [-0.2, -0.15) is 0 Å². The molecule has 1 atom stereocenters. The van der Waals surface area contributed by atoms with Gasteiger partial charge < -0.3 is 10.4 Å². The number of nitrogens with zero attached hydrogens (tertiary/aromatic N) is 1. The fourth-order valence-electron chi connectivity index (χ4n) is 2.54. The van der Waals surface area contributed by atoms with E-state index in [9.17, 15) is 0 Å². The maximum Gasteiger partial charge on any atom is 0.0431 e. The van der Waals surface area contributed by atoms with Gasteiger partial charge in [-0.25, -0.2) is 0 Å². The zero-order valence-electron chi connectivity index (χ0n) is 11.6. The average molecular weight is 242 g/mol. The minimum absolute atomic E-state index is 0.347. The molecular weight excluding hydrogens is 212 g/mol. The zero-order chi connectivity index (χ0) is 12.5. The van der Waals surface area contributed by atoms with E-state index in [0.717, 1.165) is 12.5 Å². The van der Waals surface area contributed by atoms with Crippen molar-refractivity contribution >= 4 is 0 Å². The number of nitrogens with one attached hydrogen (secondary N) is 1. The number of hydrogen-bond donors (Lipinski definition) is 2. The van der Waals surface area contributed by atoms with Gasteiger partial charge in [0.2, 0.25) is 0 Å². The van der Waals surface area contributed by atoms with Crippen LogP contribution in [0.4, 0.5) is 0 Å². The minimum atomic E-state index is 0.347. The van der Waals surface area contributed by atoms with Crippen LogP contribution in [0.25, 0.3) is 0 Å². The molecule has 102 valence electrons. The Balaban J connectivity index is 2.13. The molecule has 3 nitrogen and oxygen atoms in total. The van der Waals surface area contributed by atoms with Crippen molar-refractivity contribution in [2.45, 2.75) is 64.5 Å². The lowest BCUT2D eigenvalue weighted by Crippen LogP contribution is -2.41. The minimum Gasteiger partial charge on any atom is -0.396 e. The topological polar surface area (TPSA) is 35.5 Å². The lowest BCUT2D eigenvalue weighted by Gasteiger charge is -2.29. The first-order chi connectivity index (χ1) is 8.24. The highest BCUT2D eigenvalue weighted by Gasteiger charge is 2.18. The summed E-state index contributed by atoms with van der Waals surface area (Å²) in [7, 11) is 0. The molecule has 0 saturated carbocycles. The summed E-state index contributed by atoms with van der Waals surface area (Å²) in [5.74, 6) is 0. The van der Waals surface area contributed by atoms with Crippen molar-refractivity contribution in [2.75, 3.05) is 26.2 Å². The third-order valence-electron chi connectivity index (χ3n) is 3.70. The van der Waals surface area contributed by atoms with Crippen LogP contribution in [-0.2, 0) is 0 Å². The van der Waals surface area contributed by atoms with Crippen LogP contribution in [0.2, 0.25) is 0 Å². The normalized spacial score (nSPS) is 20.6. The molecule has 0 aromatic rings. The van der Waals surface area contributed by atoms with Crippen LogP contribution in [-0.4, -0.2) is 48.3 Å². The van der Waals surface area contributed by atoms with E-state index < -0.39 is 0 Å². The van der Waals surface area contributed by atoms with Crippen molar-refractivity contribution in [1.82, 2.24) is 10.2 Å². The average Bonchev–Trinajstić information content (AvgIpc) is 2.79. The van der Waals surface area contributed by atoms with Crippen LogP contribution in [0.15, 0.2) is 0 Å². The van der Waals surface area contributed by atoms with Crippen molar-refractivity contribution in [3.05, 3.63) is 0 Å². The maximum absolute atomic E-state index is 8.73. The largest absolute Gasteiger partial charge is 0.396 e. The van der Waals surface area contributed by atoms with Crippen molar-refractivity contribution in [3.8, 4) is 0 Å². The van der Waals surface area contributed by atoms with Crippen molar-refractivity contribution < 1.29 is 5.11 Å². The Bertz CT molecular complexity index is 179. The number of unbranched alkanes of at least 4 members (excludes halogenated alkanes) is 3. The van der Waals surface area contributed by atoms with E-state index in [0.29, 0.717) is 12.6 Å². The highest BCUT2D eigenvalue weighted by atomic mass is 16.2.